The number of allylic oxidation sites excluding steroid dienone is 1. The molecule has 4 heteroatoms. The summed E-state index contributed by atoms with van der Waals surface area (Å²) in [7, 11) is 1.59. The molecule has 0 aliphatic heterocycles. The summed E-state index contributed by atoms with van der Waals surface area (Å²) in [5.41, 5.74) is 2.07. The van der Waals surface area contributed by atoms with Crippen molar-refractivity contribution in [2.75, 3.05) is 20.3 Å². The fraction of sp³-hybridized carbons (Fsp3) is 0.550. The summed E-state index contributed by atoms with van der Waals surface area (Å²) in [6.45, 7) is 5.49. The number of benzene rings is 1. The van der Waals surface area contributed by atoms with Crippen molar-refractivity contribution in [1.82, 2.24) is 5.32 Å². The second-order valence-corrected chi connectivity index (χ2v) is 6.68. The standard InChI is InChI=1S/C20H29NO3/c1-15(2)14-24-18-10-9-17(13-19(18)23-3)20(22)21-12-11-16-7-5-4-6-8-16/h7,9-10,13,15H,4-6,8,11-12,14H2,1-3H3,(H,21,22). The summed E-state index contributed by atoms with van der Waals surface area (Å²) in [5, 5.41) is 2.99. The van der Waals surface area contributed by atoms with Crippen LogP contribution in [0.4, 0.5) is 0 Å². The lowest BCUT2D eigenvalue weighted by atomic mass is 9.97. The highest BCUT2D eigenvalue weighted by Gasteiger charge is 2.12. The van der Waals surface area contributed by atoms with Crippen LogP contribution in [0.15, 0.2) is 29.8 Å². The molecule has 0 heterocycles. The fourth-order valence-electron chi connectivity index (χ4n) is 2.75. The van der Waals surface area contributed by atoms with Gasteiger partial charge in [0.05, 0.1) is 13.7 Å². The van der Waals surface area contributed by atoms with E-state index in [2.05, 4.69) is 25.2 Å². The van der Waals surface area contributed by atoms with Gasteiger partial charge in [-0.1, -0.05) is 25.5 Å². The van der Waals surface area contributed by atoms with Crippen molar-refractivity contribution < 1.29 is 14.3 Å². The van der Waals surface area contributed by atoms with E-state index in [1.165, 1.54) is 31.3 Å². The zero-order chi connectivity index (χ0) is 17.4. The Morgan fingerprint density at radius 2 is 2.08 bits per heavy atom. The zero-order valence-electron chi connectivity index (χ0n) is 15.1. The van der Waals surface area contributed by atoms with E-state index in [1.54, 1.807) is 25.3 Å². The van der Waals surface area contributed by atoms with E-state index in [1.807, 2.05) is 0 Å². The average molecular weight is 331 g/mol. The smallest absolute Gasteiger partial charge is 0.251 e. The van der Waals surface area contributed by atoms with Gasteiger partial charge in [-0.2, -0.15) is 0 Å². The predicted octanol–water partition coefficient (Wildman–Crippen LogP) is 4.35. The Hall–Kier alpha value is -1.97. The topological polar surface area (TPSA) is 47.6 Å². The molecule has 0 saturated heterocycles. The number of hydrogen-bond donors (Lipinski definition) is 1. The Morgan fingerprint density at radius 3 is 2.75 bits per heavy atom. The largest absolute Gasteiger partial charge is 0.493 e. The van der Waals surface area contributed by atoms with Crippen LogP contribution in [0.2, 0.25) is 0 Å². The van der Waals surface area contributed by atoms with Crippen molar-refractivity contribution in [2.24, 2.45) is 5.92 Å². The van der Waals surface area contributed by atoms with Gasteiger partial charge in [0.2, 0.25) is 0 Å². The van der Waals surface area contributed by atoms with E-state index in [9.17, 15) is 4.79 Å². The number of methoxy groups -OCH3 is 1. The fourth-order valence-corrected chi connectivity index (χ4v) is 2.75. The molecule has 0 bridgehead atoms. The van der Waals surface area contributed by atoms with Gasteiger partial charge < -0.3 is 14.8 Å². The van der Waals surface area contributed by atoms with Crippen LogP contribution in [0.25, 0.3) is 0 Å². The highest BCUT2D eigenvalue weighted by Crippen LogP contribution is 2.28. The van der Waals surface area contributed by atoms with Gasteiger partial charge in [-0.25, -0.2) is 0 Å². The average Bonchev–Trinajstić information content (AvgIpc) is 2.60. The molecule has 0 aromatic heterocycles. The highest BCUT2D eigenvalue weighted by atomic mass is 16.5. The summed E-state index contributed by atoms with van der Waals surface area (Å²) in [5.74, 6) is 1.64. The van der Waals surface area contributed by atoms with Gasteiger partial charge in [0, 0.05) is 12.1 Å². The minimum Gasteiger partial charge on any atom is -0.493 e. The number of hydrogen-bond acceptors (Lipinski definition) is 3. The van der Waals surface area contributed by atoms with Gasteiger partial charge in [-0.05, 0) is 56.2 Å². The number of amides is 1. The van der Waals surface area contributed by atoms with Crippen molar-refractivity contribution in [3.05, 3.63) is 35.4 Å². The number of rotatable bonds is 8. The molecule has 1 aliphatic carbocycles. The lowest BCUT2D eigenvalue weighted by Crippen LogP contribution is -2.25. The van der Waals surface area contributed by atoms with E-state index in [-0.39, 0.29) is 5.91 Å². The molecule has 0 unspecified atom stereocenters. The number of nitrogens with one attached hydrogen (secondary N) is 1. The van der Waals surface area contributed by atoms with Gasteiger partial charge in [-0.3, -0.25) is 4.79 Å². The van der Waals surface area contributed by atoms with Gasteiger partial charge in [0.25, 0.3) is 5.91 Å². The Kier molecular flexibility index (Phi) is 7.16. The number of carbonyl (C=O) groups is 1. The zero-order valence-corrected chi connectivity index (χ0v) is 15.1. The number of carbonyl (C=O) groups excluding carboxylic acids is 1. The van der Waals surface area contributed by atoms with Crippen LogP contribution in [0.3, 0.4) is 0 Å². The molecule has 0 spiro atoms. The summed E-state index contributed by atoms with van der Waals surface area (Å²) in [4.78, 5) is 12.3. The lowest BCUT2D eigenvalue weighted by molar-refractivity contribution is 0.0953. The maximum Gasteiger partial charge on any atom is 0.251 e. The monoisotopic (exact) mass is 331 g/mol. The minimum absolute atomic E-state index is 0.0693. The molecule has 0 radical (unpaired) electrons. The quantitative estimate of drug-likeness (QED) is 0.720. The van der Waals surface area contributed by atoms with E-state index in [0.717, 1.165) is 6.42 Å². The SMILES string of the molecule is COc1cc(C(=O)NCCC2=CCCCC2)ccc1OCC(C)C. The molecule has 1 amide bonds. The minimum atomic E-state index is -0.0693. The van der Waals surface area contributed by atoms with E-state index < -0.39 is 0 Å². The third-order valence-electron chi connectivity index (χ3n) is 4.11. The molecule has 0 saturated carbocycles. The Morgan fingerprint density at radius 1 is 1.25 bits per heavy atom. The molecule has 1 N–H and O–H groups in total. The maximum absolute atomic E-state index is 12.3. The first-order valence-electron chi connectivity index (χ1n) is 8.87. The molecule has 1 aromatic carbocycles. The van der Waals surface area contributed by atoms with Gasteiger partial charge >= 0.3 is 0 Å². The first kappa shape index (κ1) is 18.4. The summed E-state index contributed by atoms with van der Waals surface area (Å²) in [6.07, 6.45) is 8.18. The lowest BCUT2D eigenvalue weighted by Gasteiger charge is -2.14. The van der Waals surface area contributed by atoms with Crippen molar-refractivity contribution in [2.45, 2.75) is 46.0 Å². The first-order valence-corrected chi connectivity index (χ1v) is 8.87. The third-order valence-corrected chi connectivity index (χ3v) is 4.11. The van der Waals surface area contributed by atoms with Crippen molar-refractivity contribution in [3.8, 4) is 11.5 Å². The molecule has 1 aliphatic rings. The Bertz CT molecular complexity index is 578. The van der Waals surface area contributed by atoms with Crippen LogP contribution in [0, 0.1) is 5.92 Å². The van der Waals surface area contributed by atoms with E-state index in [4.69, 9.17) is 9.47 Å². The van der Waals surface area contributed by atoms with Crippen LogP contribution in [-0.2, 0) is 0 Å². The van der Waals surface area contributed by atoms with Gasteiger partial charge in [-0.15, -0.1) is 0 Å². The Balaban J connectivity index is 1.90. The molecule has 132 valence electrons. The Labute approximate surface area is 145 Å². The van der Waals surface area contributed by atoms with E-state index >= 15 is 0 Å². The summed E-state index contributed by atoms with van der Waals surface area (Å²) < 4.78 is 11.1. The highest BCUT2D eigenvalue weighted by molar-refractivity contribution is 5.94. The van der Waals surface area contributed by atoms with Gasteiger partial charge in [0.15, 0.2) is 11.5 Å². The molecular weight excluding hydrogens is 302 g/mol. The van der Waals surface area contributed by atoms with Crippen LogP contribution < -0.4 is 14.8 Å². The second kappa shape index (κ2) is 9.36. The van der Waals surface area contributed by atoms with E-state index in [0.29, 0.717) is 36.1 Å². The van der Waals surface area contributed by atoms with Gasteiger partial charge in [0.1, 0.15) is 0 Å². The maximum atomic E-state index is 12.3. The van der Waals surface area contributed by atoms with Crippen molar-refractivity contribution in [3.63, 3.8) is 0 Å². The predicted molar refractivity (Wildman–Crippen MR) is 96.8 cm³/mol. The van der Waals surface area contributed by atoms with Crippen LogP contribution in [0.5, 0.6) is 11.5 Å². The number of ether oxygens (including phenoxy) is 2. The first-order chi connectivity index (χ1) is 11.6. The molecule has 1 aromatic rings. The summed E-state index contributed by atoms with van der Waals surface area (Å²) in [6, 6.07) is 5.33. The third kappa shape index (κ3) is 5.59. The molecule has 24 heavy (non-hydrogen) atoms. The molecule has 0 atom stereocenters. The van der Waals surface area contributed by atoms with Crippen LogP contribution in [-0.4, -0.2) is 26.2 Å². The molecular formula is C20H29NO3. The molecule has 0 fully saturated rings. The van der Waals surface area contributed by atoms with Crippen molar-refractivity contribution in [1.29, 1.82) is 0 Å². The molecule has 4 nitrogen and oxygen atoms in total. The van der Waals surface area contributed by atoms with Crippen molar-refractivity contribution >= 4 is 5.91 Å². The molecule has 2 rings (SSSR count). The van der Waals surface area contributed by atoms with Crippen LogP contribution in [0.1, 0.15) is 56.3 Å². The van der Waals surface area contributed by atoms with Crippen LogP contribution >= 0.6 is 0 Å². The normalized spacial score (nSPS) is 14.2. The summed E-state index contributed by atoms with van der Waals surface area (Å²) >= 11 is 0. The second-order valence-electron chi connectivity index (χ2n) is 6.68.